The fourth-order valence-electron chi connectivity index (χ4n) is 2.94. The molecule has 0 aromatic heterocycles. The summed E-state index contributed by atoms with van der Waals surface area (Å²) in [6, 6.07) is 8.15. The molecule has 0 bridgehead atoms. The quantitative estimate of drug-likeness (QED) is 0.741. The molecule has 6 nitrogen and oxygen atoms in total. The molecule has 7 heteroatoms. The highest BCUT2D eigenvalue weighted by molar-refractivity contribution is 9.10. The highest BCUT2D eigenvalue weighted by Gasteiger charge is 2.35. The zero-order valence-electron chi connectivity index (χ0n) is 14.0. The predicted molar refractivity (Wildman–Crippen MR) is 95.8 cm³/mol. The first-order valence-electron chi connectivity index (χ1n) is 8.11. The summed E-state index contributed by atoms with van der Waals surface area (Å²) in [5, 5.41) is 11.9. The number of carboxylic acid groups (broad SMARTS) is 1. The highest BCUT2D eigenvalue weighted by Crippen LogP contribution is 2.25. The predicted octanol–water partition coefficient (Wildman–Crippen LogP) is 2.53. The third-order valence-corrected chi connectivity index (χ3v) is 4.85. The van der Waals surface area contributed by atoms with Crippen molar-refractivity contribution in [2.24, 2.45) is 0 Å². The molecule has 0 spiro atoms. The van der Waals surface area contributed by atoms with Gasteiger partial charge in [0, 0.05) is 30.1 Å². The van der Waals surface area contributed by atoms with E-state index in [1.54, 1.807) is 11.9 Å². The van der Waals surface area contributed by atoms with Crippen LogP contribution in [0.4, 0.5) is 4.79 Å². The Labute approximate surface area is 150 Å². The van der Waals surface area contributed by atoms with E-state index in [1.807, 2.05) is 36.1 Å². The molecule has 132 valence electrons. The topological polar surface area (TPSA) is 72.9 Å². The van der Waals surface area contributed by atoms with Crippen molar-refractivity contribution in [3.05, 3.63) is 34.3 Å². The van der Waals surface area contributed by atoms with E-state index in [0.717, 1.165) is 22.9 Å². The number of aliphatic carboxylic acids is 1. The monoisotopic (exact) mass is 397 g/mol. The second-order valence-corrected chi connectivity index (χ2v) is 7.13. The van der Waals surface area contributed by atoms with Crippen LogP contribution in [-0.4, -0.2) is 59.1 Å². The van der Waals surface area contributed by atoms with Crippen LogP contribution in [0.2, 0.25) is 0 Å². The summed E-state index contributed by atoms with van der Waals surface area (Å²) >= 11 is 3.43. The number of nitrogens with zero attached hydrogens (tertiary/aromatic N) is 2. The Bertz CT molecular complexity index is 590. The van der Waals surface area contributed by atoms with Crippen LogP contribution in [0.1, 0.15) is 25.3 Å². The molecule has 0 atom stereocenters. The standard InChI is InChI=1S/C17H24BrN3O3/c1-3-21(11-16(22)23)15-8-14(9-15)19-17(24)20(2)10-12-5-4-6-13(18)7-12/h4-7,14-15H,3,8-11H2,1-2H3,(H,19,24)(H,22,23). The molecular weight excluding hydrogens is 374 g/mol. The van der Waals surface area contributed by atoms with Crippen molar-refractivity contribution in [3.8, 4) is 0 Å². The van der Waals surface area contributed by atoms with E-state index in [2.05, 4.69) is 21.2 Å². The largest absolute Gasteiger partial charge is 0.480 e. The summed E-state index contributed by atoms with van der Waals surface area (Å²) in [5.74, 6) is -0.807. The van der Waals surface area contributed by atoms with Crippen LogP contribution in [0, 0.1) is 0 Å². The minimum atomic E-state index is -0.807. The molecule has 0 saturated heterocycles. The average molecular weight is 398 g/mol. The van der Waals surface area contributed by atoms with Gasteiger partial charge in [-0.15, -0.1) is 0 Å². The van der Waals surface area contributed by atoms with E-state index in [1.165, 1.54) is 0 Å². The Morgan fingerprint density at radius 2 is 2.08 bits per heavy atom. The molecule has 2 amide bonds. The number of nitrogens with one attached hydrogen (secondary N) is 1. The molecule has 0 aliphatic heterocycles. The lowest BCUT2D eigenvalue weighted by molar-refractivity contribution is -0.139. The van der Waals surface area contributed by atoms with Gasteiger partial charge in [-0.1, -0.05) is 35.0 Å². The number of hydrogen-bond acceptors (Lipinski definition) is 3. The van der Waals surface area contributed by atoms with Crippen molar-refractivity contribution in [3.63, 3.8) is 0 Å². The number of urea groups is 1. The van der Waals surface area contributed by atoms with Crippen molar-refractivity contribution >= 4 is 27.9 Å². The second kappa shape index (κ2) is 8.48. The van der Waals surface area contributed by atoms with E-state index >= 15 is 0 Å². The summed E-state index contributed by atoms with van der Waals surface area (Å²) < 4.78 is 0.994. The Kier molecular flexibility index (Phi) is 6.62. The van der Waals surface area contributed by atoms with Crippen molar-refractivity contribution in [1.29, 1.82) is 0 Å². The zero-order valence-corrected chi connectivity index (χ0v) is 15.6. The Morgan fingerprint density at radius 1 is 1.38 bits per heavy atom. The normalized spacial score (nSPS) is 19.7. The summed E-state index contributed by atoms with van der Waals surface area (Å²) in [5.41, 5.74) is 1.06. The van der Waals surface area contributed by atoms with Crippen LogP contribution in [-0.2, 0) is 11.3 Å². The fraction of sp³-hybridized carbons (Fsp3) is 0.529. The Morgan fingerprint density at radius 3 is 2.67 bits per heavy atom. The van der Waals surface area contributed by atoms with Gasteiger partial charge >= 0.3 is 12.0 Å². The summed E-state index contributed by atoms with van der Waals surface area (Å²) in [6.45, 7) is 3.27. The number of carbonyl (C=O) groups is 2. The SMILES string of the molecule is CCN(CC(=O)O)C1CC(NC(=O)N(C)Cc2cccc(Br)c2)C1. The maximum atomic E-state index is 12.3. The molecule has 1 aromatic carbocycles. The van der Waals surface area contributed by atoms with Crippen LogP contribution >= 0.6 is 15.9 Å². The number of halogens is 1. The number of benzene rings is 1. The lowest BCUT2D eigenvalue weighted by atomic mass is 9.85. The number of hydrogen-bond donors (Lipinski definition) is 2. The van der Waals surface area contributed by atoms with Crippen molar-refractivity contribution in [1.82, 2.24) is 15.1 Å². The summed E-state index contributed by atoms with van der Waals surface area (Å²) in [6.07, 6.45) is 1.61. The minimum absolute atomic E-state index is 0.0601. The molecule has 1 aliphatic carbocycles. The maximum absolute atomic E-state index is 12.3. The van der Waals surface area contributed by atoms with Gasteiger partial charge in [0.1, 0.15) is 0 Å². The summed E-state index contributed by atoms with van der Waals surface area (Å²) in [7, 11) is 1.77. The van der Waals surface area contributed by atoms with Gasteiger partial charge < -0.3 is 15.3 Å². The molecule has 24 heavy (non-hydrogen) atoms. The molecule has 1 aliphatic rings. The zero-order chi connectivity index (χ0) is 17.7. The summed E-state index contributed by atoms with van der Waals surface area (Å²) in [4.78, 5) is 26.7. The van der Waals surface area contributed by atoms with E-state index < -0.39 is 5.97 Å². The molecule has 0 heterocycles. The van der Waals surface area contributed by atoms with Gasteiger partial charge in [0.25, 0.3) is 0 Å². The number of likely N-dealkylation sites (N-methyl/N-ethyl adjacent to an activating group) is 1. The van der Waals surface area contributed by atoms with Crippen LogP contribution in [0.5, 0.6) is 0 Å². The average Bonchev–Trinajstić information content (AvgIpc) is 2.48. The molecule has 0 unspecified atom stereocenters. The van der Waals surface area contributed by atoms with Gasteiger partial charge in [0.2, 0.25) is 0 Å². The third kappa shape index (κ3) is 5.21. The first-order chi connectivity index (χ1) is 11.4. The van der Waals surface area contributed by atoms with Gasteiger partial charge in [-0.25, -0.2) is 4.79 Å². The molecule has 0 radical (unpaired) electrons. The lowest BCUT2D eigenvalue weighted by Crippen LogP contribution is -2.56. The number of carboxylic acids is 1. The van der Waals surface area contributed by atoms with Crippen molar-refractivity contribution in [2.45, 2.75) is 38.4 Å². The third-order valence-electron chi connectivity index (χ3n) is 4.36. The molecule has 2 rings (SSSR count). The van der Waals surface area contributed by atoms with Gasteiger partial charge in [-0.3, -0.25) is 9.69 Å². The minimum Gasteiger partial charge on any atom is -0.480 e. The highest BCUT2D eigenvalue weighted by atomic mass is 79.9. The second-order valence-electron chi connectivity index (χ2n) is 6.21. The van der Waals surface area contributed by atoms with E-state index in [0.29, 0.717) is 13.1 Å². The van der Waals surface area contributed by atoms with Crippen LogP contribution in [0.3, 0.4) is 0 Å². The first-order valence-corrected chi connectivity index (χ1v) is 8.90. The smallest absolute Gasteiger partial charge is 0.317 e. The van der Waals surface area contributed by atoms with E-state index in [4.69, 9.17) is 5.11 Å². The molecule has 1 saturated carbocycles. The first kappa shape index (κ1) is 18.7. The van der Waals surface area contributed by atoms with Gasteiger partial charge in [-0.05, 0) is 37.1 Å². The van der Waals surface area contributed by atoms with Crippen molar-refractivity contribution < 1.29 is 14.7 Å². The molecule has 1 aromatic rings. The van der Waals surface area contributed by atoms with Gasteiger partial charge in [0.05, 0.1) is 6.54 Å². The lowest BCUT2D eigenvalue weighted by Gasteiger charge is -2.42. The van der Waals surface area contributed by atoms with E-state index in [9.17, 15) is 9.59 Å². The Hall–Kier alpha value is -1.60. The van der Waals surface area contributed by atoms with Crippen LogP contribution < -0.4 is 5.32 Å². The number of amides is 2. The number of carbonyl (C=O) groups excluding carboxylic acids is 1. The van der Waals surface area contributed by atoms with Crippen LogP contribution in [0.15, 0.2) is 28.7 Å². The van der Waals surface area contributed by atoms with Gasteiger partial charge in [-0.2, -0.15) is 0 Å². The maximum Gasteiger partial charge on any atom is 0.317 e. The number of rotatable bonds is 7. The molecule has 2 N–H and O–H groups in total. The Balaban J connectivity index is 1.76. The molecule has 1 fully saturated rings. The fourth-order valence-corrected chi connectivity index (χ4v) is 3.39. The van der Waals surface area contributed by atoms with E-state index in [-0.39, 0.29) is 24.7 Å². The van der Waals surface area contributed by atoms with Crippen LogP contribution in [0.25, 0.3) is 0 Å². The van der Waals surface area contributed by atoms with Gasteiger partial charge in [0.15, 0.2) is 0 Å². The van der Waals surface area contributed by atoms with Crippen molar-refractivity contribution in [2.75, 3.05) is 20.1 Å². The molecular formula is C17H24BrN3O3.